The van der Waals surface area contributed by atoms with E-state index in [9.17, 15) is 14.0 Å². The van der Waals surface area contributed by atoms with Gasteiger partial charge in [-0.3, -0.25) is 14.3 Å². The molecule has 0 N–H and O–H groups in total. The summed E-state index contributed by atoms with van der Waals surface area (Å²) in [5, 5.41) is 4.50. The zero-order valence-corrected chi connectivity index (χ0v) is 17.8. The Morgan fingerprint density at radius 1 is 0.938 bits per heavy atom. The Morgan fingerprint density at radius 3 is 2.50 bits per heavy atom. The lowest BCUT2D eigenvalue weighted by atomic mass is 10.00. The number of aromatic nitrogens is 2. The van der Waals surface area contributed by atoms with Crippen LogP contribution in [0, 0.1) is 5.82 Å². The number of halogens is 1. The first-order valence-corrected chi connectivity index (χ1v) is 10.6. The van der Waals surface area contributed by atoms with Gasteiger partial charge in [-0.25, -0.2) is 4.39 Å². The topological polar surface area (TPSA) is 67.7 Å². The molecular formula is C24H23FN4O3. The molecule has 0 saturated carbocycles. The van der Waals surface area contributed by atoms with E-state index < -0.39 is 5.82 Å². The summed E-state index contributed by atoms with van der Waals surface area (Å²) in [6.07, 6.45) is 0.830. The van der Waals surface area contributed by atoms with Crippen molar-refractivity contribution >= 4 is 11.8 Å². The van der Waals surface area contributed by atoms with E-state index in [2.05, 4.69) is 17.2 Å². The van der Waals surface area contributed by atoms with E-state index in [1.54, 1.807) is 21.7 Å². The highest BCUT2D eigenvalue weighted by atomic mass is 19.1. The molecule has 2 aromatic carbocycles. The second kappa shape index (κ2) is 8.11. The molecule has 1 aromatic heterocycles. The lowest BCUT2D eigenvalue weighted by molar-refractivity contribution is 0.0699. The van der Waals surface area contributed by atoms with Crippen molar-refractivity contribution in [3.63, 3.8) is 0 Å². The van der Waals surface area contributed by atoms with Gasteiger partial charge in [0.05, 0.1) is 25.9 Å². The fraction of sp³-hybridized carbons (Fsp3) is 0.292. The van der Waals surface area contributed by atoms with Crippen LogP contribution in [-0.4, -0.2) is 51.6 Å². The molecule has 5 rings (SSSR count). The summed E-state index contributed by atoms with van der Waals surface area (Å²) < 4.78 is 20.7. The van der Waals surface area contributed by atoms with Gasteiger partial charge in [0, 0.05) is 25.2 Å². The Bertz CT molecular complexity index is 1210. The van der Waals surface area contributed by atoms with Crippen LogP contribution >= 0.6 is 0 Å². The molecule has 8 heteroatoms. The largest absolute Gasteiger partial charge is 0.494 e. The Morgan fingerprint density at radius 2 is 1.72 bits per heavy atom. The number of methoxy groups -OCH3 is 1. The molecule has 0 saturated heterocycles. The summed E-state index contributed by atoms with van der Waals surface area (Å²) in [6.45, 7) is 2.47. The monoisotopic (exact) mass is 434 g/mol. The van der Waals surface area contributed by atoms with E-state index in [4.69, 9.17) is 4.74 Å². The van der Waals surface area contributed by atoms with Gasteiger partial charge in [-0.2, -0.15) is 5.10 Å². The number of hydrogen-bond acceptors (Lipinski definition) is 4. The van der Waals surface area contributed by atoms with Crippen molar-refractivity contribution in [1.82, 2.24) is 19.6 Å². The zero-order valence-electron chi connectivity index (χ0n) is 17.8. The molecule has 0 radical (unpaired) electrons. The van der Waals surface area contributed by atoms with Crippen LogP contribution in [0.5, 0.6) is 5.75 Å². The Kier molecular flexibility index (Phi) is 5.13. The van der Waals surface area contributed by atoms with E-state index in [1.807, 2.05) is 17.0 Å². The van der Waals surface area contributed by atoms with Crippen LogP contribution < -0.4 is 4.74 Å². The summed E-state index contributed by atoms with van der Waals surface area (Å²) in [5.74, 6) is -0.839. The molecule has 0 bridgehead atoms. The molecule has 0 atom stereocenters. The Hall–Kier alpha value is -3.68. The van der Waals surface area contributed by atoms with Gasteiger partial charge in [-0.05, 0) is 41.8 Å². The number of carbonyl (C=O) groups is 2. The SMILES string of the molecule is COc1ccc(C(=O)N2CCn3nc(C(=O)N4CCc5ccccc5C4)cc3C2)cc1F. The van der Waals surface area contributed by atoms with Crippen molar-refractivity contribution in [3.8, 4) is 5.75 Å². The molecule has 3 aromatic rings. The maximum absolute atomic E-state index is 14.0. The minimum absolute atomic E-state index is 0.0989. The first-order valence-electron chi connectivity index (χ1n) is 10.6. The van der Waals surface area contributed by atoms with E-state index in [0.29, 0.717) is 38.4 Å². The lowest BCUT2D eigenvalue weighted by Crippen LogP contribution is -2.38. The number of ether oxygens (including phenoxy) is 1. The number of amides is 2. The maximum atomic E-state index is 14.0. The van der Waals surface area contributed by atoms with Gasteiger partial charge in [-0.1, -0.05) is 24.3 Å². The second-order valence-electron chi connectivity index (χ2n) is 8.07. The van der Waals surface area contributed by atoms with E-state index >= 15 is 0 Å². The minimum Gasteiger partial charge on any atom is -0.494 e. The summed E-state index contributed by atoms with van der Waals surface area (Å²) >= 11 is 0. The molecule has 3 heterocycles. The van der Waals surface area contributed by atoms with Gasteiger partial charge < -0.3 is 14.5 Å². The van der Waals surface area contributed by atoms with Gasteiger partial charge in [-0.15, -0.1) is 0 Å². The molecule has 164 valence electrons. The van der Waals surface area contributed by atoms with Crippen LogP contribution in [0.15, 0.2) is 48.5 Å². The predicted octanol–water partition coefficient (Wildman–Crippen LogP) is 2.89. The molecule has 2 amide bonds. The van der Waals surface area contributed by atoms with Gasteiger partial charge in [0.25, 0.3) is 11.8 Å². The average molecular weight is 434 g/mol. The van der Waals surface area contributed by atoms with Crippen molar-refractivity contribution in [3.05, 3.63) is 82.4 Å². The smallest absolute Gasteiger partial charge is 0.274 e. The molecule has 2 aliphatic heterocycles. The number of rotatable bonds is 3. The predicted molar refractivity (Wildman–Crippen MR) is 115 cm³/mol. The average Bonchev–Trinajstić information content (AvgIpc) is 3.26. The van der Waals surface area contributed by atoms with Crippen molar-refractivity contribution in [1.29, 1.82) is 0 Å². The Balaban J connectivity index is 1.30. The van der Waals surface area contributed by atoms with Gasteiger partial charge in [0.15, 0.2) is 17.3 Å². The van der Waals surface area contributed by atoms with Crippen LogP contribution in [0.25, 0.3) is 0 Å². The first-order chi connectivity index (χ1) is 15.5. The normalized spacial score (nSPS) is 15.2. The number of fused-ring (bicyclic) bond motifs is 2. The lowest BCUT2D eigenvalue weighted by Gasteiger charge is -2.28. The van der Waals surface area contributed by atoms with Crippen LogP contribution in [0.4, 0.5) is 4.39 Å². The third-order valence-corrected chi connectivity index (χ3v) is 6.12. The van der Waals surface area contributed by atoms with Crippen LogP contribution in [0.3, 0.4) is 0 Å². The van der Waals surface area contributed by atoms with Crippen LogP contribution in [0.2, 0.25) is 0 Å². The van der Waals surface area contributed by atoms with Crippen molar-refractivity contribution < 1.29 is 18.7 Å². The van der Waals surface area contributed by atoms with E-state index in [1.165, 1.54) is 30.4 Å². The van der Waals surface area contributed by atoms with Crippen molar-refractivity contribution in [2.75, 3.05) is 20.2 Å². The zero-order chi connectivity index (χ0) is 22.2. The molecular weight excluding hydrogens is 411 g/mol. The van der Waals surface area contributed by atoms with E-state index in [-0.39, 0.29) is 23.1 Å². The molecule has 0 spiro atoms. The minimum atomic E-state index is -0.573. The molecule has 0 aliphatic carbocycles. The molecule has 0 unspecified atom stereocenters. The fourth-order valence-electron chi connectivity index (χ4n) is 4.36. The Labute approximate surface area is 185 Å². The number of hydrogen-bond donors (Lipinski definition) is 0. The first kappa shape index (κ1) is 20.2. The maximum Gasteiger partial charge on any atom is 0.274 e. The summed E-state index contributed by atoms with van der Waals surface area (Å²) in [7, 11) is 1.38. The summed E-state index contributed by atoms with van der Waals surface area (Å²) in [4.78, 5) is 29.4. The van der Waals surface area contributed by atoms with E-state index in [0.717, 1.165) is 12.1 Å². The van der Waals surface area contributed by atoms with Gasteiger partial charge in [0.1, 0.15) is 0 Å². The van der Waals surface area contributed by atoms with Crippen LogP contribution in [0.1, 0.15) is 37.7 Å². The molecule has 2 aliphatic rings. The third kappa shape index (κ3) is 3.62. The second-order valence-corrected chi connectivity index (χ2v) is 8.07. The quantitative estimate of drug-likeness (QED) is 0.636. The highest BCUT2D eigenvalue weighted by molar-refractivity contribution is 5.95. The number of nitrogens with zero attached hydrogens (tertiary/aromatic N) is 4. The van der Waals surface area contributed by atoms with Gasteiger partial charge >= 0.3 is 0 Å². The molecule has 32 heavy (non-hydrogen) atoms. The molecule has 7 nitrogen and oxygen atoms in total. The van der Waals surface area contributed by atoms with Crippen molar-refractivity contribution in [2.24, 2.45) is 0 Å². The summed E-state index contributed by atoms with van der Waals surface area (Å²) in [5.41, 5.74) is 3.90. The number of carbonyl (C=O) groups excluding carboxylic acids is 2. The highest BCUT2D eigenvalue weighted by Gasteiger charge is 2.28. The van der Waals surface area contributed by atoms with Crippen LogP contribution in [-0.2, 0) is 26.1 Å². The van der Waals surface area contributed by atoms with Crippen molar-refractivity contribution in [2.45, 2.75) is 26.1 Å². The highest BCUT2D eigenvalue weighted by Crippen LogP contribution is 2.23. The summed E-state index contributed by atoms with van der Waals surface area (Å²) in [6, 6.07) is 14.1. The van der Waals surface area contributed by atoms with Gasteiger partial charge in [0.2, 0.25) is 0 Å². The standard InChI is InChI=1S/C24H23FN4O3/c1-32-22-7-6-17(12-20(22)25)23(30)28-10-11-29-19(15-28)13-21(26-29)24(31)27-9-8-16-4-2-3-5-18(16)14-27/h2-7,12-13H,8-11,14-15H2,1H3. The number of benzene rings is 2. The fourth-order valence-corrected chi connectivity index (χ4v) is 4.36. The third-order valence-electron chi connectivity index (χ3n) is 6.12. The molecule has 0 fully saturated rings.